The zero-order valence-electron chi connectivity index (χ0n) is 79.9. The molecule has 0 bridgehead atoms. The van der Waals surface area contributed by atoms with Crippen molar-refractivity contribution in [2.75, 3.05) is 0 Å². The van der Waals surface area contributed by atoms with Crippen molar-refractivity contribution in [1.82, 2.24) is 0 Å². The summed E-state index contributed by atoms with van der Waals surface area (Å²) in [5, 5.41) is 0. The molecule has 0 saturated heterocycles. The van der Waals surface area contributed by atoms with Gasteiger partial charge in [0.15, 0.2) is 0 Å². The maximum absolute atomic E-state index is 4.93. The Labute approximate surface area is 754 Å². The Hall–Kier alpha value is -3.30. The molecule has 8 saturated carbocycles. The van der Waals surface area contributed by atoms with Gasteiger partial charge in [-0.2, -0.15) is 0 Å². The van der Waals surface area contributed by atoms with Crippen LogP contribution in [0.25, 0.3) is 34.4 Å². The van der Waals surface area contributed by atoms with Crippen LogP contribution in [0.3, 0.4) is 0 Å². The Morgan fingerprint density at radius 1 is 0.395 bits per heavy atom. The fraction of sp³-hybridized carbons (Fsp3) is 0.632. The molecule has 6 aromatic rings. The Morgan fingerprint density at radius 2 is 0.739 bits per heavy atom. The van der Waals surface area contributed by atoms with Gasteiger partial charge in [0.1, 0.15) is 0 Å². The molecular formula is C114H168Cl2Si2Zr. The second-order valence-corrected chi connectivity index (χ2v) is 59.3. The fourth-order valence-corrected chi connectivity index (χ4v) is 36.1. The van der Waals surface area contributed by atoms with E-state index in [-0.39, 0.29) is 36.5 Å². The molecule has 16 rings (SSSR count). The molecule has 10 aliphatic rings. The van der Waals surface area contributed by atoms with Crippen molar-refractivity contribution in [3.05, 3.63) is 215 Å². The van der Waals surface area contributed by atoms with Crippen molar-refractivity contribution in [1.29, 1.82) is 0 Å². The summed E-state index contributed by atoms with van der Waals surface area (Å²) in [6.45, 7) is 49.8. The van der Waals surface area contributed by atoms with Gasteiger partial charge >= 0.3 is 37.9 Å². The summed E-state index contributed by atoms with van der Waals surface area (Å²) in [5.41, 5.74) is 30.0. The van der Waals surface area contributed by atoms with Crippen LogP contribution in [0, 0.1) is 72.0 Å². The first-order valence-corrected chi connectivity index (χ1v) is 60.9. The Morgan fingerprint density at radius 3 is 1.11 bits per heavy atom. The predicted molar refractivity (Wildman–Crippen MR) is 529 cm³/mol. The van der Waals surface area contributed by atoms with Gasteiger partial charge in [-0.15, -0.1) is 0 Å². The van der Waals surface area contributed by atoms with Crippen LogP contribution in [0.2, 0.25) is 37.3 Å². The zero-order chi connectivity index (χ0) is 83.7. The van der Waals surface area contributed by atoms with Gasteiger partial charge in [0.05, 0.1) is 8.07 Å². The normalized spacial score (nSPS) is 26.8. The number of hydrogen-bond donors (Lipinski definition) is 0. The third kappa shape index (κ3) is 22.8. The summed E-state index contributed by atoms with van der Waals surface area (Å²) in [4.78, 5) is 0. The quantitative estimate of drug-likeness (QED) is 0.0710. The summed E-state index contributed by atoms with van der Waals surface area (Å²) in [7, 11) is 7.29. The van der Waals surface area contributed by atoms with Gasteiger partial charge in [0.25, 0.3) is 0 Å². The SMILES string of the molecule is CC1(CC2=Cc3c(cccc3-c3ccc(C(C)(C)C)cc3)C2)CCCCC1.CC1(CC2CC3C(c4ccc(C(C)(C)C)cc4)CCCC3C2[Si](C)(C)C2C(CC3(C)CCCCC3)CC3C(c4ccc(C(C)(C)C)cc4)CCCC32)CCCCC1.C[SiH](C)C1C(CC2(C)CCCCC2)=Cc2c(-c3ccc(C(C)(C)C)cc3)cccc21.[CH3-].[CH3-].[Cl][Zr+2][Cl]. The number of rotatable bonds is 15. The fourth-order valence-electron chi connectivity index (χ4n) is 27.6. The summed E-state index contributed by atoms with van der Waals surface area (Å²) < 4.78 is 0. The van der Waals surface area contributed by atoms with Crippen LogP contribution in [0.4, 0.5) is 0 Å². The monoisotopic (exact) mass is 1750 g/mol. The molecule has 8 fully saturated rings. The minimum absolute atomic E-state index is 0. The second-order valence-electron chi connectivity index (χ2n) is 47.4. The van der Waals surface area contributed by atoms with E-state index < -0.39 is 37.7 Å². The molecule has 0 amide bonds. The first-order valence-electron chi connectivity index (χ1n) is 48.4. The molecule has 10 aliphatic carbocycles. The van der Waals surface area contributed by atoms with Crippen LogP contribution in [0.5, 0.6) is 0 Å². The van der Waals surface area contributed by atoms with Gasteiger partial charge in [-0.3, -0.25) is 0 Å². The number of fused-ring (bicyclic) bond motifs is 4. The summed E-state index contributed by atoms with van der Waals surface area (Å²) in [6, 6.07) is 52.9. The molecule has 0 nitrogen and oxygen atoms in total. The van der Waals surface area contributed by atoms with Gasteiger partial charge in [0, 0.05) is 8.80 Å². The average Bonchev–Trinajstić information content (AvgIpc) is 1.56. The van der Waals surface area contributed by atoms with Crippen LogP contribution in [-0.2, 0) is 48.9 Å². The van der Waals surface area contributed by atoms with E-state index in [1.807, 2.05) is 0 Å². The molecule has 0 aromatic heterocycles. The standard InChI is InChI=1S/C56H88Si.C29H40Si.C27H34.2CH3.2ClH.Zr/c1-53(2,3)43-27-23-39(24-28-43)45-19-17-21-47-49(45)35-41(37-55(7)31-13-11-14-32-55)51(47)57(9,10)52-42(38-56(8)33-15-12-16-34-56)36-50-46(20-18-22-48(50)52)40-25-29-44(30-26-40)54(4,5)6;1-28(2,3)23-15-13-21(14-16-23)24-11-10-12-25-26(24)19-22(27(25)30(5)6)20-29(4)17-8-7-9-18-29;1-26(2,3)23-13-11-21(12-14-23)24-10-8-9-22-17-20(18-25(22)24)19-27(4)15-6-5-7-16-27;;;;;/h23-30,41-42,45-52H,11-22,31-38H2,1-10H3;10-16,19,27,30H,7-9,17-18,20H2,1-6H3;8-14,18H,5-7,15-17,19H2,1-4H3;2*1H3;2*1H;/q;;;2*-1;;;+4/p-2. The van der Waals surface area contributed by atoms with E-state index in [2.05, 4.69) is 283 Å². The van der Waals surface area contributed by atoms with Crippen molar-refractivity contribution in [2.24, 2.45) is 57.2 Å². The van der Waals surface area contributed by atoms with Gasteiger partial charge in [-0.25, -0.2) is 0 Å². The van der Waals surface area contributed by atoms with Crippen molar-refractivity contribution in [3.63, 3.8) is 0 Å². The van der Waals surface area contributed by atoms with Crippen molar-refractivity contribution in [2.45, 2.75) is 399 Å². The zero-order valence-corrected chi connectivity index (χ0v) is 86.0. The molecule has 119 heavy (non-hydrogen) atoms. The van der Waals surface area contributed by atoms with Crippen LogP contribution < -0.4 is 0 Å². The third-order valence-electron chi connectivity index (χ3n) is 33.4. The summed E-state index contributed by atoms with van der Waals surface area (Å²) >= 11 is -0.826. The minimum atomic E-state index is -1.74. The van der Waals surface area contributed by atoms with E-state index in [1.165, 1.54) is 241 Å². The topological polar surface area (TPSA) is 0 Å². The van der Waals surface area contributed by atoms with E-state index in [0.29, 0.717) is 27.2 Å². The number of halogens is 2. The third-order valence-corrected chi connectivity index (χ3v) is 40.8. The molecule has 0 aliphatic heterocycles. The number of hydrogen-bond acceptors (Lipinski definition) is 0. The maximum atomic E-state index is 4.93. The summed E-state index contributed by atoms with van der Waals surface area (Å²) in [6.07, 6.45) is 52.9. The Bertz CT molecular complexity index is 4140. The van der Waals surface area contributed by atoms with Crippen molar-refractivity contribution in [3.8, 4) is 22.3 Å². The molecule has 11 unspecified atom stereocenters. The first kappa shape index (κ1) is 96.3. The average molecular weight is 1760 g/mol. The van der Waals surface area contributed by atoms with E-state index in [0.717, 1.165) is 64.8 Å². The molecule has 650 valence electrons. The molecule has 0 N–H and O–H groups in total. The van der Waals surface area contributed by atoms with E-state index in [1.54, 1.807) is 53.5 Å². The number of allylic oxidation sites excluding steroid dienone is 2. The molecular weight excluding hydrogens is 1590 g/mol. The molecule has 0 radical (unpaired) electrons. The van der Waals surface area contributed by atoms with Gasteiger partial charge in [0.2, 0.25) is 0 Å². The molecule has 6 aromatic carbocycles. The van der Waals surface area contributed by atoms with Crippen LogP contribution in [0.1, 0.15) is 389 Å². The van der Waals surface area contributed by atoms with Gasteiger partial charge in [-0.1, -0.05) is 396 Å². The van der Waals surface area contributed by atoms with Crippen LogP contribution in [-0.4, -0.2) is 16.9 Å². The Kier molecular flexibility index (Phi) is 32.3. The predicted octanol–water partition coefficient (Wildman–Crippen LogP) is 35.9. The van der Waals surface area contributed by atoms with E-state index in [9.17, 15) is 0 Å². The van der Waals surface area contributed by atoms with E-state index >= 15 is 0 Å². The van der Waals surface area contributed by atoms with Crippen LogP contribution >= 0.6 is 17.0 Å². The van der Waals surface area contributed by atoms with Gasteiger partial charge < -0.3 is 14.9 Å². The van der Waals surface area contributed by atoms with Crippen LogP contribution in [0.15, 0.2) is 145 Å². The summed E-state index contributed by atoms with van der Waals surface area (Å²) in [5.74, 6) is 7.18. The Balaban J connectivity index is 0.000000188. The van der Waals surface area contributed by atoms with Crippen molar-refractivity contribution < 1.29 is 20.8 Å². The van der Waals surface area contributed by atoms with Gasteiger partial charge in [-0.05, 0) is 294 Å². The first-order chi connectivity index (χ1) is 55.4. The molecule has 0 heterocycles. The van der Waals surface area contributed by atoms with Crippen molar-refractivity contribution >= 4 is 46.0 Å². The number of benzene rings is 6. The molecule has 0 spiro atoms. The van der Waals surface area contributed by atoms with E-state index in [4.69, 9.17) is 17.0 Å². The molecule has 5 heteroatoms. The molecule has 11 atom stereocenters. The second kappa shape index (κ2) is 39.9.